The number of halogens is 3. The Hall–Kier alpha value is -2.95. The van der Waals surface area contributed by atoms with Crippen LogP contribution in [0.25, 0.3) is 11.0 Å². The molecule has 4 rings (SSSR count). The van der Waals surface area contributed by atoms with Gasteiger partial charge < -0.3 is 10.2 Å². The highest BCUT2D eigenvalue weighted by Crippen LogP contribution is 2.31. The third-order valence-electron chi connectivity index (χ3n) is 5.20. The largest absolute Gasteiger partial charge is 0.433 e. The number of anilines is 2. The number of aromatic nitrogens is 4. The van der Waals surface area contributed by atoms with Crippen molar-refractivity contribution in [1.29, 1.82) is 0 Å². The van der Waals surface area contributed by atoms with Gasteiger partial charge in [-0.25, -0.2) is 4.98 Å². The summed E-state index contributed by atoms with van der Waals surface area (Å²) in [6.45, 7) is 0.995. The van der Waals surface area contributed by atoms with Crippen molar-refractivity contribution in [2.75, 3.05) is 29.6 Å². The molecule has 1 aliphatic rings. The molecule has 0 saturated carbocycles. The van der Waals surface area contributed by atoms with E-state index in [1.54, 1.807) is 24.6 Å². The summed E-state index contributed by atoms with van der Waals surface area (Å²) in [6.07, 6.45) is 0.504. The van der Waals surface area contributed by atoms with Crippen LogP contribution >= 0.6 is 0 Å². The number of fused-ring (bicyclic) bond motifs is 1. The van der Waals surface area contributed by atoms with E-state index in [9.17, 15) is 17.4 Å². The third-order valence-corrected chi connectivity index (χ3v) is 6.99. The first-order chi connectivity index (χ1) is 14.6. The van der Waals surface area contributed by atoms with Gasteiger partial charge in [-0.1, -0.05) is 6.07 Å². The highest BCUT2D eigenvalue weighted by atomic mass is 32.2. The van der Waals surface area contributed by atoms with E-state index in [4.69, 9.17) is 0 Å². The average Bonchev–Trinajstić information content (AvgIpc) is 3.22. The molecule has 1 fully saturated rings. The Morgan fingerprint density at radius 3 is 2.68 bits per heavy atom. The van der Waals surface area contributed by atoms with Gasteiger partial charge in [-0.15, -0.1) is 0 Å². The first-order valence-corrected chi connectivity index (χ1v) is 11.8. The van der Waals surface area contributed by atoms with E-state index in [2.05, 4.69) is 31.1 Å². The molecule has 3 aromatic rings. The Labute approximate surface area is 177 Å². The molecule has 2 atom stereocenters. The molecule has 0 amide bonds. The van der Waals surface area contributed by atoms with Crippen LogP contribution in [0.3, 0.4) is 0 Å². The molecule has 0 radical (unpaired) electrons. The van der Waals surface area contributed by atoms with E-state index in [1.165, 1.54) is 12.1 Å². The first kappa shape index (κ1) is 21.3. The van der Waals surface area contributed by atoms with Gasteiger partial charge in [0.2, 0.25) is 5.95 Å². The summed E-state index contributed by atoms with van der Waals surface area (Å²) >= 11 is 0. The second kappa shape index (κ2) is 7.95. The van der Waals surface area contributed by atoms with Crippen molar-refractivity contribution >= 4 is 38.2 Å². The lowest BCUT2D eigenvalue weighted by Gasteiger charge is -2.19. The zero-order valence-electron chi connectivity index (χ0n) is 16.8. The van der Waals surface area contributed by atoms with Gasteiger partial charge in [-0.2, -0.15) is 23.1 Å². The van der Waals surface area contributed by atoms with Gasteiger partial charge in [0.15, 0.2) is 5.65 Å². The fourth-order valence-electron chi connectivity index (χ4n) is 3.56. The van der Waals surface area contributed by atoms with E-state index in [0.29, 0.717) is 42.3 Å². The molecule has 4 heterocycles. The van der Waals surface area contributed by atoms with Crippen LogP contribution in [0.1, 0.15) is 17.7 Å². The maximum Gasteiger partial charge on any atom is 0.433 e. The van der Waals surface area contributed by atoms with Crippen molar-refractivity contribution < 1.29 is 17.4 Å². The molecular weight excluding hydrogens is 429 g/mol. The molecule has 2 unspecified atom stereocenters. The highest BCUT2D eigenvalue weighted by molar-refractivity contribution is 8.00. The zero-order valence-corrected chi connectivity index (χ0v) is 17.6. The Morgan fingerprint density at radius 2 is 1.97 bits per heavy atom. The molecule has 31 heavy (non-hydrogen) atoms. The number of rotatable bonds is 5. The van der Waals surface area contributed by atoms with Crippen LogP contribution < -0.4 is 10.2 Å². The highest BCUT2D eigenvalue weighted by Gasteiger charge is 2.35. The van der Waals surface area contributed by atoms with Crippen LogP contribution in [0.5, 0.6) is 0 Å². The normalized spacial score (nSPS) is 18.8. The lowest BCUT2D eigenvalue weighted by atomic mass is 10.2. The summed E-state index contributed by atoms with van der Waals surface area (Å²) < 4.78 is 52.1. The Morgan fingerprint density at radius 1 is 1.23 bits per heavy atom. The van der Waals surface area contributed by atoms with Gasteiger partial charge in [0.05, 0.1) is 5.39 Å². The molecule has 0 spiro atoms. The second-order valence-electron chi connectivity index (χ2n) is 7.54. The summed E-state index contributed by atoms with van der Waals surface area (Å²) in [6, 6.07) is 6.30. The van der Waals surface area contributed by atoms with Gasteiger partial charge in [0.1, 0.15) is 11.5 Å². The summed E-state index contributed by atoms with van der Waals surface area (Å²) in [5.74, 6) is 4.54. The molecule has 11 heteroatoms. The number of pyridine rings is 2. The van der Waals surface area contributed by atoms with E-state index in [-0.39, 0.29) is 17.4 Å². The summed E-state index contributed by atoms with van der Waals surface area (Å²) in [7, 11) is -2.20. The van der Waals surface area contributed by atoms with Crippen LogP contribution in [0.2, 0.25) is 0 Å². The van der Waals surface area contributed by atoms with E-state index >= 15 is 0 Å². The van der Waals surface area contributed by atoms with Crippen LogP contribution in [-0.4, -0.2) is 54.6 Å². The molecule has 7 nitrogen and oxygen atoms in total. The molecule has 1 aliphatic heterocycles. The van der Waals surface area contributed by atoms with Gasteiger partial charge in [-0.3, -0.25) is 9.19 Å². The Kier molecular flexibility index (Phi) is 5.46. The minimum absolute atomic E-state index is 0.0104. The SMILES string of the molecule is C=S(C)(=O)C1CCN(c2nc(NCc3cccnc3C(F)(F)F)c3cccnc3n2)C1. The standard InChI is InChI=1S/C20H21F3N6OS/c1-31(2,30)14-7-10-29(12-14)19-27-17-15(6-4-9-25-17)18(28-19)26-11-13-5-3-8-24-16(13)20(21,22)23/h3-6,8-9,14H,1,7,10-12H2,2H3,(H,25,26,27,28). The van der Waals surface area contributed by atoms with Crippen LogP contribution in [-0.2, 0) is 22.2 Å². The van der Waals surface area contributed by atoms with Crippen molar-refractivity contribution in [2.45, 2.75) is 24.4 Å². The Balaban J connectivity index is 1.66. The molecule has 1 saturated heterocycles. The lowest BCUT2D eigenvalue weighted by Crippen LogP contribution is -2.27. The minimum Gasteiger partial charge on any atom is -0.365 e. The number of nitrogens with zero attached hydrogens (tertiary/aromatic N) is 5. The van der Waals surface area contributed by atoms with Crippen molar-refractivity contribution in [3.63, 3.8) is 0 Å². The second-order valence-corrected chi connectivity index (χ2v) is 10.3. The monoisotopic (exact) mass is 450 g/mol. The van der Waals surface area contributed by atoms with Crippen molar-refractivity contribution in [2.24, 2.45) is 0 Å². The quantitative estimate of drug-likeness (QED) is 0.599. The molecule has 3 aromatic heterocycles. The molecule has 0 aromatic carbocycles. The van der Waals surface area contributed by atoms with Gasteiger partial charge >= 0.3 is 6.18 Å². The van der Waals surface area contributed by atoms with Crippen LogP contribution in [0, 0.1) is 0 Å². The number of alkyl halides is 3. The van der Waals surface area contributed by atoms with Gasteiger partial charge in [0.25, 0.3) is 0 Å². The zero-order chi connectivity index (χ0) is 22.2. The smallest absolute Gasteiger partial charge is 0.365 e. The number of hydrogen-bond donors (Lipinski definition) is 1. The molecule has 1 N–H and O–H groups in total. The fraction of sp³-hybridized carbons (Fsp3) is 0.350. The maximum atomic E-state index is 13.3. The number of hydrogen-bond acceptors (Lipinski definition) is 7. The molecule has 0 aliphatic carbocycles. The average molecular weight is 450 g/mol. The van der Waals surface area contributed by atoms with Crippen molar-refractivity contribution in [1.82, 2.24) is 19.9 Å². The van der Waals surface area contributed by atoms with Gasteiger partial charge in [0, 0.05) is 49.1 Å². The summed E-state index contributed by atoms with van der Waals surface area (Å²) in [5, 5.41) is 3.52. The lowest BCUT2D eigenvalue weighted by molar-refractivity contribution is -0.141. The van der Waals surface area contributed by atoms with Crippen LogP contribution in [0.15, 0.2) is 36.7 Å². The van der Waals surface area contributed by atoms with Gasteiger partial charge in [-0.05, 0) is 40.0 Å². The van der Waals surface area contributed by atoms with Crippen molar-refractivity contribution in [3.8, 4) is 0 Å². The summed E-state index contributed by atoms with van der Waals surface area (Å²) in [4.78, 5) is 18.7. The maximum absolute atomic E-state index is 13.3. The topological polar surface area (TPSA) is 83.9 Å². The third kappa shape index (κ3) is 4.55. The van der Waals surface area contributed by atoms with Crippen molar-refractivity contribution in [3.05, 3.63) is 47.9 Å². The van der Waals surface area contributed by atoms with E-state index < -0.39 is 21.4 Å². The molecule has 164 valence electrons. The molecule has 0 bridgehead atoms. The predicted molar refractivity (Wildman–Crippen MR) is 116 cm³/mol. The minimum atomic E-state index is -4.55. The Bertz CT molecular complexity index is 1220. The molecular formula is C20H21F3N6OS. The summed E-state index contributed by atoms with van der Waals surface area (Å²) in [5.41, 5.74) is -0.501. The number of nitrogens with one attached hydrogen (secondary N) is 1. The predicted octanol–water partition coefficient (Wildman–Crippen LogP) is 2.98. The van der Waals surface area contributed by atoms with E-state index in [0.717, 1.165) is 6.20 Å². The fourth-order valence-corrected chi connectivity index (χ4v) is 4.66. The first-order valence-electron chi connectivity index (χ1n) is 9.56. The van der Waals surface area contributed by atoms with E-state index in [1.807, 2.05) is 4.90 Å². The van der Waals surface area contributed by atoms with Crippen LogP contribution in [0.4, 0.5) is 24.9 Å².